The number of carboxylic acid groups (broad SMARTS) is 1. The number of carboxylic acids is 1. The first-order valence-electron chi connectivity index (χ1n) is 10.5. The van der Waals surface area contributed by atoms with E-state index in [0.29, 0.717) is 18.5 Å². The monoisotopic (exact) mass is 463 g/mol. The van der Waals surface area contributed by atoms with E-state index in [1.54, 1.807) is 0 Å². The maximum atomic E-state index is 12.9. The van der Waals surface area contributed by atoms with E-state index in [0.717, 1.165) is 6.42 Å². The summed E-state index contributed by atoms with van der Waals surface area (Å²) in [6.45, 7) is 1.92. The van der Waals surface area contributed by atoms with Crippen molar-refractivity contribution in [2.45, 2.75) is 56.8 Å². The molecule has 4 amide bonds. The Labute approximate surface area is 190 Å². The molecule has 0 bridgehead atoms. The summed E-state index contributed by atoms with van der Waals surface area (Å²) in [5, 5.41) is 28.8. The van der Waals surface area contributed by atoms with E-state index < -0.39 is 60.2 Å². The van der Waals surface area contributed by atoms with Crippen molar-refractivity contribution in [1.82, 2.24) is 21.3 Å². The summed E-state index contributed by atoms with van der Waals surface area (Å²) >= 11 is 0. The Bertz CT molecular complexity index is 883. The molecule has 12 heteroatoms. The van der Waals surface area contributed by atoms with E-state index in [-0.39, 0.29) is 12.2 Å². The van der Waals surface area contributed by atoms with Crippen molar-refractivity contribution in [2.75, 3.05) is 6.54 Å². The summed E-state index contributed by atoms with van der Waals surface area (Å²) in [5.41, 5.74) is 5.80. The van der Waals surface area contributed by atoms with E-state index >= 15 is 0 Å². The third kappa shape index (κ3) is 8.07. The molecule has 1 aliphatic heterocycles. The second kappa shape index (κ2) is 11.8. The number of carbonyl (C=O) groups excluding carboxylic acids is 4. The highest BCUT2D eigenvalue weighted by molar-refractivity contribution is 5.96. The smallest absolute Gasteiger partial charge is 0.325 e. The van der Waals surface area contributed by atoms with Crippen LogP contribution in [-0.2, 0) is 30.4 Å². The molecule has 0 aromatic heterocycles. The van der Waals surface area contributed by atoms with Gasteiger partial charge in [-0.25, -0.2) is 0 Å². The zero-order valence-corrected chi connectivity index (χ0v) is 18.2. The number of phenols is 1. The summed E-state index contributed by atoms with van der Waals surface area (Å²) in [5.74, 6) is -4.13. The zero-order chi connectivity index (χ0) is 24.5. The number of hydrogen-bond acceptors (Lipinski definition) is 7. The van der Waals surface area contributed by atoms with Crippen molar-refractivity contribution in [2.24, 2.45) is 5.73 Å². The highest BCUT2D eigenvalue weighted by Crippen LogP contribution is 2.12. The normalized spacial score (nSPS) is 17.9. The van der Waals surface area contributed by atoms with Gasteiger partial charge in [0.15, 0.2) is 0 Å². The minimum atomic E-state index is -1.32. The molecule has 180 valence electrons. The average molecular weight is 463 g/mol. The van der Waals surface area contributed by atoms with Crippen LogP contribution in [0.4, 0.5) is 0 Å². The van der Waals surface area contributed by atoms with Gasteiger partial charge in [-0.05, 0) is 44.0 Å². The van der Waals surface area contributed by atoms with Crippen LogP contribution >= 0.6 is 0 Å². The van der Waals surface area contributed by atoms with Crippen molar-refractivity contribution in [3.05, 3.63) is 29.8 Å². The molecule has 1 saturated heterocycles. The molecule has 4 unspecified atom stereocenters. The Morgan fingerprint density at radius 3 is 2.24 bits per heavy atom. The van der Waals surface area contributed by atoms with Crippen LogP contribution in [-0.4, -0.2) is 70.5 Å². The minimum absolute atomic E-state index is 0.00745. The number of amides is 4. The summed E-state index contributed by atoms with van der Waals surface area (Å²) < 4.78 is 0. The predicted molar refractivity (Wildman–Crippen MR) is 116 cm³/mol. The number of rotatable bonds is 11. The first-order chi connectivity index (χ1) is 15.6. The lowest BCUT2D eigenvalue weighted by Crippen LogP contribution is -2.58. The van der Waals surface area contributed by atoms with Gasteiger partial charge in [-0.15, -0.1) is 0 Å². The van der Waals surface area contributed by atoms with Crippen molar-refractivity contribution in [3.63, 3.8) is 0 Å². The van der Waals surface area contributed by atoms with Gasteiger partial charge in [-0.2, -0.15) is 0 Å². The van der Waals surface area contributed by atoms with Gasteiger partial charge in [-0.3, -0.25) is 24.0 Å². The van der Waals surface area contributed by atoms with Crippen LogP contribution in [0, 0.1) is 0 Å². The molecular weight excluding hydrogens is 434 g/mol. The molecule has 1 aliphatic rings. The first-order valence-corrected chi connectivity index (χ1v) is 10.5. The number of aromatic hydroxyl groups is 1. The van der Waals surface area contributed by atoms with Gasteiger partial charge in [0.25, 0.3) is 0 Å². The second-order valence-corrected chi connectivity index (χ2v) is 7.88. The van der Waals surface area contributed by atoms with Crippen LogP contribution in [0.2, 0.25) is 0 Å². The number of hydrogen-bond donors (Lipinski definition) is 7. The molecule has 0 spiro atoms. The third-order valence-corrected chi connectivity index (χ3v) is 5.15. The molecule has 4 atom stereocenters. The molecule has 1 aromatic carbocycles. The van der Waals surface area contributed by atoms with E-state index in [4.69, 9.17) is 10.8 Å². The van der Waals surface area contributed by atoms with Gasteiger partial charge in [0, 0.05) is 6.42 Å². The highest BCUT2D eigenvalue weighted by atomic mass is 16.4. The van der Waals surface area contributed by atoms with Crippen molar-refractivity contribution < 1.29 is 34.2 Å². The standard InChI is InChI=1S/C21H29N5O7/c1-11(21(32)33)24-19(30)15(9-12-4-6-13(27)7-5-12)25-20(31)16(10-17(22)28)26-18(29)14-3-2-8-23-14/h4-7,11,14-16,23,27H,2-3,8-10H2,1H3,(H2,22,28)(H,24,30)(H,25,31)(H,26,29)(H,32,33). The molecule has 33 heavy (non-hydrogen) atoms. The highest BCUT2D eigenvalue weighted by Gasteiger charge is 2.31. The number of phenolic OH excluding ortho intramolecular Hbond substituents is 1. The van der Waals surface area contributed by atoms with E-state index in [2.05, 4.69) is 21.3 Å². The fraction of sp³-hybridized carbons (Fsp3) is 0.476. The summed E-state index contributed by atoms with van der Waals surface area (Å²) in [6.07, 6.45) is 0.853. The van der Waals surface area contributed by atoms with Gasteiger partial charge < -0.3 is 37.2 Å². The van der Waals surface area contributed by atoms with Crippen LogP contribution in [0.5, 0.6) is 5.75 Å². The quantitative estimate of drug-likeness (QED) is 0.198. The summed E-state index contributed by atoms with van der Waals surface area (Å²) in [7, 11) is 0. The van der Waals surface area contributed by atoms with Crippen LogP contribution in [0.1, 0.15) is 31.7 Å². The van der Waals surface area contributed by atoms with E-state index in [1.165, 1.54) is 31.2 Å². The van der Waals surface area contributed by atoms with Crippen LogP contribution < -0.4 is 27.0 Å². The van der Waals surface area contributed by atoms with Crippen molar-refractivity contribution in [1.29, 1.82) is 0 Å². The molecule has 0 saturated carbocycles. The number of primary amides is 1. The van der Waals surface area contributed by atoms with Crippen LogP contribution in [0.3, 0.4) is 0 Å². The Balaban J connectivity index is 2.17. The number of nitrogens with one attached hydrogen (secondary N) is 4. The average Bonchev–Trinajstić information content (AvgIpc) is 3.28. The third-order valence-electron chi connectivity index (χ3n) is 5.15. The van der Waals surface area contributed by atoms with Gasteiger partial charge in [0.1, 0.15) is 23.9 Å². The number of carbonyl (C=O) groups is 5. The molecule has 1 fully saturated rings. The number of benzene rings is 1. The molecule has 8 N–H and O–H groups in total. The summed E-state index contributed by atoms with van der Waals surface area (Å²) in [6, 6.07) is 1.62. The predicted octanol–water partition coefficient (Wildman–Crippen LogP) is -1.88. The second-order valence-electron chi connectivity index (χ2n) is 7.88. The Morgan fingerprint density at radius 2 is 1.70 bits per heavy atom. The van der Waals surface area contributed by atoms with Gasteiger partial charge >= 0.3 is 5.97 Å². The molecule has 0 radical (unpaired) electrons. The minimum Gasteiger partial charge on any atom is -0.508 e. The Kier molecular flexibility index (Phi) is 9.16. The van der Waals surface area contributed by atoms with Crippen LogP contribution in [0.25, 0.3) is 0 Å². The number of nitrogens with two attached hydrogens (primary N) is 1. The van der Waals surface area contributed by atoms with E-state index in [9.17, 15) is 29.1 Å². The molecule has 0 aliphatic carbocycles. The molecule has 1 heterocycles. The lowest BCUT2D eigenvalue weighted by Gasteiger charge is -2.24. The summed E-state index contributed by atoms with van der Waals surface area (Å²) in [4.78, 5) is 60.7. The lowest BCUT2D eigenvalue weighted by atomic mass is 10.0. The topological polar surface area (TPSA) is 200 Å². The van der Waals surface area contributed by atoms with Crippen molar-refractivity contribution in [3.8, 4) is 5.75 Å². The fourth-order valence-corrected chi connectivity index (χ4v) is 3.32. The Morgan fingerprint density at radius 1 is 1.06 bits per heavy atom. The lowest BCUT2D eigenvalue weighted by molar-refractivity contribution is -0.142. The first kappa shape index (κ1) is 25.6. The largest absolute Gasteiger partial charge is 0.508 e. The van der Waals surface area contributed by atoms with E-state index in [1.807, 2.05) is 0 Å². The van der Waals surface area contributed by atoms with Crippen LogP contribution in [0.15, 0.2) is 24.3 Å². The van der Waals surface area contributed by atoms with Gasteiger partial charge in [0.2, 0.25) is 23.6 Å². The molecule has 12 nitrogen and oxygen atoms in total. The fourth-order valence-electron chi connectivity index (χ4n) is 3.32. The van der Waals surface area contributed by atoms with Gasteiger partial charge in [-0.1, -0.05) is 12.1 Å². The zero-order valence-electron chi connectivity index (χ0n) is 18.2. The maximum Gasteiger partial charge on any atom is 0.325 e. The maximum absolute atomic E-state index is 12.9. The number of aliphatic carboxylic acids is 1. The Hall–Kier alpha value is -3.67. The SMILES string of the molecule is CC(NC(=O)C(Cc1ccc(O)cc1)NC(=O)C(CC(N)=O)NC(=O)C1CCCN1)C(=O)O. The molecule has 2 rings (SSSR count). The van der Waals surface area contributed by atoms with Gasteiger partial charge in [0.05, 0.1) is 12.5 Å². The van der Waals surface area contributed by atoms with Crippen molar-refractivity contribution >= 4 is 29.6 Å². The molecule has 1 aromatic rings. The molecular formula is C21H29N5O7.